The van der Waals surface area contributed by atoms with Gasteiger partial charge >= 0.3 is 0 Å². The molecule has 0 amide bonds. The fourth-order valence-corrected chi connectivity index (χ4v) is 1.55. The SMILES string of the molecule is Cc1cc2cc(O)c(O)cc2cc1C. The molecule has 72 valence electrons. The molecule has 14 heavy (non-hydrogen) atoms. The van der Waals surface area contributed by atoms with Gasteiger partial charge in [-0.15, -0.1) is 0 Å². The minimum Gasteiger partial charge on any atom is -0.504 e. The zero-order valence-electron chi connectivity index (χ0n) is 8.20. The number of aryl methyl sites for hydroxylation is 2. The Morgan fingerprint density at radius 2 is 1.07 bits per heavy atom. The molecular weight excluding hydrogens is 176 g/mol. The standard InChI is InChI=1S/C12H12O2/c1-7-3-9-5-11(13)12(14)6-10(9)4-8(7)2/h3-6,13-14H,1-2H3. The average molecular weight is 188 g/mol. The summed E-state index contributed by atoms with van der Waals surface area (Å²) in [5.74, 6) is -0.137. The van der Waals surface area contributed by atoms with Crippen molar-refractivity contribution < 1.29 is 10.2 Å². The quantitative estimate of drug-likeness (QED) is 0.624. The van der Waals surface area contributed by atoms with Crippen LogP contribution in [0, 0.1) is 13.8 Å². The summed E-state index contributed by atoms with van der Waals surface area (Å²) >= 11 is 0. The fourth-order valence-electron chi connectivity index (χ4n) is 1.55. The van der Waals surface area contributed by atoms with E-state index >= 15 is 0 Å². The largest absolute Gasteiger partial charge is 0.504 e. The monoisotopic (exact) mass is 188 g/mol. The van der Waals surface area contributed by atoms with E-state index in [4.69, 9.17) is 0 Å². The van der Waals surface area contributed by atoms with Crippen molar-refractivity contribution in [3.63, 3.8) is 0 Å². The van der Waals surface area contributed by atoms with Crippen molar-refractivity contribution in [2.75, 3.05) is 0 Å². The van der Waals surface area contributed by atoms with Crippen LogP contribution in [0.15, 0.2) is 24.3 Å². The second-order valence-electron chi connectivity index (χ2n) is 3.62. The maximum atomic E-state index is 9.33. The molecule has 2 nitrogen and oxygen atoms in total. The van der Waals surface area contributed by atoms with Gasteiger partial charge in [0.05, 0.1) is 0 Å². The van der Waals surface area contributed by atoms with E-state index in [1.807, 2.05) is 26.0 Å². The van der Waals surface area contributed by atoms with E-state index in [2.05, 4.69) is 0 Å². The van der Waals surface area contributed by atoms with Gasteiger partial charge in [0.25, 0.3) is 0 Å². The Labute approximate surface area is 82.4 Å². The second-order valence-corrected chi connectivity index (χ2v) is 3.62. The first kappa shape index (κ1) is 8.88. The lowest BCUT2D eigenvalue weighted by Crippen LogP contribution is -1.82. The third-order valence-electron chi connectivity index (χ3n) is 2.55. The molecule has 2 aromatic rings. The first-order chi connectivity index (χ1) is 6.58. The number of hydrogen-bond acceptors (Lipinski definition) is 2. The Balaban J connectivity index is 2.83. The van der Waals surface area contributed by atoms with Gasteiger partial charge in [-0.05, 0) is 47.9 Å². The van der Waals surface area contributed by atoms with Crippen LogP contribution in [0.25, 0.3) is 10.8 Å². The molecule has 2 N–H and O–H groups in total. The van der Waals surface area contributed by atoms with E-state index in [1.165, 1.54) is 11.1 Å². The van der Waals surface area contributed by atoms with Crippen LogP contribution >= 0.6 is 0 Å². The van der Waals surface area contributed by atoms with Crippen molar-refractivity contribution in [2.45, 2.75) is 13.8 Å². The summed E-state index contributed by atoms with van der Waals surface area (Å²) in [5.41, 5.74) is 2.37. The lowest BCUT2D eigenvalue weighted by molar-refractivity contribution is 0.405. The highest BCUT2D eigenvalue weighted by atomic mass is 16.3. The van der Waals surface area contributed by atoms with E-state index in [0.29, 0.717) is 0 Å². The third-order valence-corrected chi connectivity index (χ3v) is 2.55. The van der Waals surface area contributed by atoms with E-state index < -0.39 is 0 Å². The molecule has 0 saturated carbocycles. The molecule has 2 heteroatoms. The summed E-state index contributed by atoms with van der Waals surface area (Å²) in [7, 11) is 0. The van der Waals surface area contributed by atoms with Gasteiger partial charge in [-0.1, -0.05) is 12.1 Å². The van der Waals surface area contributed by atoms with Crippen LogP contribution in [0.3, 0.4) is 0 Å². The summed E-state index contributed by atoms with van der Waals surface area (Å²) in [6.45, 7) is 4.05. The molecule has 0 aromatic heterocycles. The zero-order chi connectivity index (χ0) is 10.3. The number of fused-ring (bicyclic) bond motifs is 1. The van der Waals surface area contributed by atoms with Crippen LogP contribution in [-0.4, -0.2) is 10.2 Å². The molecule has 2 rings (SSSR count). The highest BCUT2D eigenvalue weighted by Gasteiger charge is 2.03. The predicted octanol–water partition coefficient (Wildman–Crippen LogP) is 2.87. The van der Waals surface area contributed by atoms with Gasteiger partial charge in [-0.25, -0.2) is 0 Å². The van der Waals surface area contributed by atoms with Gasteiger partial charge in [0.2, 0.25) is 0 Å². The molecule has 0 fully saturated rings. The summed E-state index contributed by atoms with van der Waals surface area (Å²) in [4.78, 5) is 0. The lowest BCUT2D eigenvalue weighted by Gasteiger charge is -2.05. The molecule has 0 spiro atoms. The predicted molar refractivity (Wildman–Crippen MR) is 56.8 cm³/mol. The van der Waals surface area contributed by atoms with Crippen LogP contribution in [-0.2, 0) is 0 Å². The zero-order valence-corrected chi connectivity index (χ0v) is 8.20. The molecule has 0 radical (unpaired) electrons. The van der Waals surface area contributed by atoms with Crippen molar-refractivity contribution in [1.29, 1.82) is 0 Å². The van der Waals surface area contributed by atoms with Crippen LogP contribution < -0.4 is 0 Å². The lowest BCUT2D eigenvalue weighted by atomic mass is 10.0. The van der Waals surface area contributed by atoms with Crippen molar-refractivity contribution >= 4 is 10.8 Å². The number of hydrogen-bond donors (Lipinski definition) is 2. The minimum absolute atomic E-state index is 0.0687. The molecule has 0 atom stereocenters. The Bertz CT molecular complexity index is 412. The van der Waals surface area contributed by atoms with Gasteiger partial charge in [-0.2, -0.15) is 0 Å². The first-order valence-electron chi connectivity index (χ1n) is 4.51. The number of phenols is 2. The molecule has 0 unspecified atom stereocenters. The fraction of sp³-hybridized carbons (Fsp3) is 0.167. The Morgan fingerprint density at radius 1 is 0.714 bits per heavy atom. The number of rotatable bonds is 0. The summed E-state index contributed by atoms with van der Waals surface area (Å²) in [6.07, 6.45) is 0. The second kappa shape index (κ2) is 2.91. The maximum absolute atomic E-state index is 9.33. The van der Waals surface area contributed by atoms with E-state index in [9.17, 15) is 10.2 Å². The number of benzene rings is 2. The summed E-state index contributed by atoms with van der Waals surface area (Å²) < 4.78 is 0. The topological polar surface area (TPSA) is 40.5 Å². The Kier molecular flexibility index (Phi) is 1.84. The molecular formula is C12H12O2. The molecule has 0 aliphatic rings. The van der Waals surface area contributed by atoms with Gasteiger partial charge < -0.3 is 10.2 Å². The van der Waals surface area contributed by atoms with E-state index in [-0.39, 0.29) is 11.5 Å². The van der Waals surface area contributed by atoms with Gasteiger partial charge in [-0.3, -0.25) is 0 Å². The number of phenolic OH excluding ortho intramolecular Hbond substituents is 2. The molecule has 0 aliphatic carbocycles. The normalized spacial score (nSPS) is 10.7. The maximum Gasteiger partial charge on any atom is 0.158 e. The van der Waals surface area contributed by atoms with Crippen molar-refractivity contribution in [3.8, 4) is 11.5 Å². The van der Waals surface area contributed by atoms with Gasteiger partial charge in [0.15, 0.2) is 11.5 Å². The van der Waals surface area contributed by atoms with Crippen molar-refractivity contribution in [2.24, 2.45) is 0 Å². The van der Waals surface area contributed by atoms with E-state index in [0.717, 1.165) is 10.8 Å². The molecule has 0 saturated heterocycles. The first-order valence-corrected chi connectivity index (χ1v) is 4.51. The molecule has 0 bridgehead atoms. The summed E-state index contributed by atoms with van der Waals surface area (Å²) in [5, 5.41) is 20.6. The smallest absolute Gasteiger partial charge is 0.158 e. The highest BCUT2D eigenvalue weighted by molar-refractivity contribution is 5.87. The van der Waals surface area contributed by atoms with Crippen LogP contribution in [0.2, 0.25) is 0 Å². The van der Waals surface area contributed by atoms with Gasteiger partial charge in [0, 0.05) is 0 Å². The van der Waals surface area contributed by atoms with Gasteiger partial charge in [0.1, 0.15) is 0 Å². The number of aromatic hydroxyl groups is 2. The average Bonchev–Trinajstić information content (AvgIpc) is 2.11. The van der Waals surface area contributed by atoms with Crippen molar-refractivity contribution in [3.05, 3.63) is 35.4 Å². The Morgan fingerprint density at radius 3 is 1.43 bits per heavy atom. The Hall–Kier alpha value is -1.70. The van der Waals surface area contributed by atoms with Crippen LogP contribution in [0.1, 0.15) is 11.1 Å². The summed E-state index contributed by atoms with van der Waals surface area (Å²) in [6, 6.07) is 7.17. The molecule has 0 heterocycles. The molecule has 0 aliphatic heterocycles. The minimum atomic E-state index is -0.0687. The van der Waals surface area contributed by atoms with Crippen molar-refractivity contribution in [1.82, 2.24) is 0 Å². The van der Waals surface area contributed by atoms with E-state index in [1.54, 1.807) is 12.1 Å². The molecule has 2 aromatic carbocycles. The van der Waals surface area contributed by atoms with Crippen LogP contribution in [0.5, 0.6) is 11.5 Å². The highest BCUT2D eigenvalue weighted by Crippen LogP contribution is 2.31. The third kappa shape index (κ3) is 1.29. The van der Waals surface area contributed by atoms with Crippen LogP contribution in [0.4, 0.5) is 0 Å².